The Bertz CT molecular complexity index is 2130. The summed E-state index contributed by atoms with van der Waals surface area (Å²) in [5.74, 6) is -5.15. The highest BCUT2D eigenvalue weighted by atomic mass is 32.3. The van der Waals surface area contributed by atoms with Crippen molar-refractivity contribution in [2.75, 3.05) is 13.2 Å². The van der Waals surface area contributed by atoms with Gasteiger partial charge in [-0.05, 0) is 104 Å². The van der Waals surface area contributed by atoms with Crippen molar-refractivity contribution in [3.8, 4) is 5.75 Å². The molecule has 22 heteroatoms. The summed E-state index contributed by atoms with van der Waals surface area (Å²) in [5, 5.41) is 34.3. The lowest BCUT2D eigenvalue weighted by Gasteiger charge is -2.62. The van der Waals surface area contributed by atoms with E-state index in [1.165, 1.54) is 12.1 Å². The van der Waals surface area contributed by atoms with E-state index in [1.807, 2.05) is 6.92 Å². The van der Waals surface area contributed by atoms with E-state index in [2.05, 4.69) is 11.9 Å². The van der Waals surface area contributed by atoms with Gasteiger partial charge in [-0.2, -0.15) is 16.8 Å². The second-order valence-electron chi connectivity index (χ2n) is 18.6. The number of aliphatic carboxylic acids is 1. The highest BCUT2D eigenvalue weighted by molar-refractivity contribution is 7.81. The maximum Gasteiger partial charge on any atom is 0.397 e. The van der Waals surface area contributed by atoms with Crippen LogP contribution < -0.4 is 5.32 Å². The summed E-state index contributed by atoms with van der Waals surface area (Å²) in [6, 6.07) is 6.34. The van der Waals surface area contributed by atoms with Crippen LogP contribution in [-0.4, -0.2) is 121 Å². The van der Waals surface area contributed by atoms with Crippen molar-refractivity contribution in [2.24, 2.45) is 40.4 Å². The summed E-state index contributed by atoms with van der Waals surface area (Å²) in [7, 11) is -11.1. The van der Waals surface area contributed by atoms with Crippen LogP contribution in [0.15, 0.2) is 36.4 Å². The van der Waals surface area contributed by atoms with Crippen molar-refractivity contribution >= 4 is 44.6 Å². The molecule has 4 aliphatic carbocycles. The van der Waals surface area contributed by atoms with E-state index < -0.39 is 117 Å². The fourth-order valence-electron chi connectivity index (χ4n) is 11.4. The average molecular weight is 946 g/mol. The normalized spacial score (nSPS) is 34.9. The molecule has 1 heterocycles. The second-order valence-corrected chi connectivity index (χ2v) is 20.7. The molecule has 1 amide bonds. The number of carbonyl (C=O) groups is 4. The Balaban J connectivity index is 1.26. The topological polar surface area (TPSA) is 305 Å². The highest BCUT2D eigenvalue weighted by Gasteiger charge is 2.67. The zero-order valence-corrected chi connectivity index (χ0v) is 37.5. The van der Waals surface area contributed by atoms with Crippen LogP contribution in [0, 0.1) is 40.4 Å². The zero-order valence-electron chi connectivity index (χ0n) is 35.9. The van der Waals surface area contributed by atoms with Crippen LogP contribution in [0.4, 0.5) is 0 Å². The number of rotatable bonds is 18. The molecular weight excluding hydrogens is 887 g/mol. The maximum atomic E-state index is 13.3. The number of hydrogen-bond donors (Lipinski definition) is 6. The minimum absolute atomic E-state index is 0.0814. The van der Waals surface area contributed by atoms with Gasteiger partial charge in [0.25, 0.3) is 0 Å². The third-order valence-corrected chi connectivity index (χ3v) is 14.9. The Morgan fingerprint density at radius 3 is 2.25 bits per heavy atom. The number of phenolic OH excluding ortho intramolecular Hbond substituents is 1. The van der Waals surface area contributed by atoms with E-state index >= 15 is 0 Å². The van der Waals surface area contributed by atoms with Gasteiger partial charge in [0.15, 0.2) is 18.5 Å². The van der Waals surface area contributed by atoms with Crippen molar-refractivity contribution in [2.45, 2.75) is 134 Å². The van der Waals surface area contributed by atoms with E-state index in [4.69, 9.17) is 27.3 Å². The highest BCUT2D eigenvalue weighted by Crippen LogP contribution is 2.70. The van der Waals surface area contributed by atoms with Crippen molar-refractivity contribution in [3.05, 3.63) is 42.0 Å². The Kier molecular flexibility index (Phi) is 15.2. The molecule has 6 rings (SSSR count). The molecule has 1 spiro atoms. The third-order valence-electron chi connectivity index (χ3n) is 14.0. The molecular formula is C42H59NO19S2. The SMILES string of the molecule is C=C1C2CCC3C4(C)CC(OC5O[C@H](COC(=O)CCC(=O)NCCc6ccc(O)cc6)[C@@H](OS(=O)(=O)O)C(OS(=O)(=O)O)C5OC(=O)CC(C)C)CC(C(=O)O)C4CCC3(C2)[C@H]1O. The number of carbonyl (C=O) groups excluding carboxylic acids is 3. The van der Waals surface area contributed by atoms with Crippen LogP contribution in [0.1, 0.15) is 90.5 Å². The average Bonchev–Trinajstić information content (AvgIpc) is 3.36. The molecule has 20 nitrogen and oxygen atoms in total. The second kappa shape index (κ2) is 19.6. The van der Waals surface area contributed by atoms with Gasteiger partial charge in [-0.3, -0.25) is 28.3 Å². The van der Waals surface area contributed by atoms with E-state index in [0.29, 0.717) is 32.1 Å². The summed E-state index contributed by atoms with van der Waals surface area (Å²) >= 11 is 0. The number of nitrogens with one attached hydrogen (secondary N) is 1. The molecule has 5 fully saturated rings. The summed E-state index contributed by atoms with van der Waals surface area (Å²) in [6.07, 6.45) is -9.67. The number of benzene rings is 1. The Labute approximate surface area is 372 Å². The molecule has 0 aromatic heterocycles. The standard InChI is InChI=1S/C42H59NO19S2/c1-22(2)17-34(47)60-37-36(62-64(54,55)56)35(61-63(51,52)53)30(21-57-33(46)12-11-32(45)43-16-14-24-5-8-26(44)9-6-24)59-40(37)58-27-18-28(39(49)50)29-13-15-42-19-25(23(3)38(42)48)7-10-31(42)41(29,4)20-27/h5-6,8-9,22,25,27-31,35-38,40,44,48H,3,7,10-21H2,1-2,4H3,(H,43,45)(H,49,50)(H,51,52,53)(H,54,55,56)/t25?,27?,28?,29?,30-,31?,35-,36?,37?,38+,40?,41?,42?/m1/s1. The molecule has 13 atom stereocenters. The van der Waals surface area contributed by atoms with E-state index in [9.17, 15) is 60.4 Å². The first kappa shape index (κ1) is 49.7. The van der Waals surface area contributed by atoms with Crippen molar-refractivity contribution in [1.29, 1.82) is 0 Å². The molecule has 1 aromatic rings. The van der Waals surface area contributed by atoms with Gasteiger partial charge in [0.05, 0.1) is 24.5 Å². The lowest BCUT2D eigenvalue weighted by Crippen LogP contribution is -2.64. The monoisotopic (exact) mass is 945 g/mol. The third kappa shape index (κ3) is 11.4. The Hall–Kier alpha value is -3.74. The van der Waals surface area contributed by atoms with Gasteiger partial charge in [-0.15, -0.1) is 0 Å². The predicted octanol–water partition coefficient (Wildman–Crippen LogP) is 3.06. The van der Waals surface area contributed by atoms with E-state index in [-0.39, 0.29) is 61.6 Å². The minimum atomic E-state index is -5.57. The number of aliphatic hydroxyl groups is 1. The minimum Gasteiger partial charge on any atom is -0.508 e. The van der Waals surface area contributed by atoms with Gasteiger partial charge in [0, 0.05) is 24.8 Å². The van der Waals surface area contributed by atoms with Gasteiger partial charge in [0.1, 0.15) is 24.6 Å². The molecule has 1 saturated heterocycles. The Morgan fingerprint density at radius 2 is 1.61 bits per heavy atom. The quantitative estimate of drug-likeness (QED) is 0.0533. The fourth-order valence-corrected chi connectivity index (χ4v) is 12.4. The van der Waals surface area contributed by atoms with Crippen LogP contribution in [-0.2, 0) is 73.7 Å². The summed E-state index contributed by atoms with van der Waals surface area (Å²) < 4.78 is 102. The molecule has 64 heavy (non-hydrogen) atoms. The van der Waals surface area contributed by atoms with Crippen molar-refractivity contribution < 1.29 is 87.8 Å². The van der Waals surface area contributed by atoms with Gasteiger partial charge >= 0.3 is 38.7 Å². The number of fused-ring (bicyclic) bond motifs is 3. The molecule has 10 unspecified atom stereocenters. The number of carboxylic acids is 1. The number of phenols is 1. The summed E-state index contributed by atoms with van der Waals surface area (Å²) in [6.45, 7) is 8.76. The van der Waals surface area contributed by atoms with Gasteiger partial charge in [-0.1, -0.05) is 39.5 Å². The molecule has 6 N–H and O–H groups in total. The largest absolute Gasteiger partial charge is 0.508 e. The number of amides is 1. The summed E-state index contributed by atoms with van der Waals surface area (Å²) in [4.78, 5) is 51.8. The molecule has 1 aliphatic heterocycles. The first-order chi connectivity index (χ1) is 29.9. The first-order valence-electron chi connectivity index (χ1n) is 21.5. The molecule has 1 aromatic carbocycles. The van der Waals surface area contributed by atoms with Gasteiger partial charge < -0.3 is 39.6 Å². The van der Waals surface area contributed by atoms with Crippen molar-refractivity contribution in [1.82, 2.24) is 5.32 Å². The number of esters is 2. The van der Waals surface area contributed by atoms with Crippen LogP contribution in [0.2, 0.25) is 0 Å². The zero-order chi connectivity index (χ0) is 46.9. The van der Waals surface area contributed by atoms with E-state index in [0.717, 1.165) is 17.6 Å². The van der Waals surface area contributed by atoms with Crippen LogP contribution in [0.5, 0.6) is 5.75 Å². The predicted molar refractivity (Wildman–Crippen MR) is 220 cm³/mol. The number of hydrogen-bond acceptors (Lipinski definition) is 16. The Morgan fingerprint density at radius 1 is 0.938 bits per heavy atom. The number of aliphatic hydroxyl groups excluding tert-OH is 1. The number of aromatic hydroxyl groups is 1. The molecule has 5 aliphatic rings. The van der Waals surface area contributed by atoms with E-state index in [1.54, 1.807) is 26.0 Å². The molecule has 358 valence electrons. The molecule has 4 saturated carbocycles. The smallest absolute Gasteiger partial charge is 0.397 e. The van der Waals surface area contributed by atoms with Crippen LogP contribution in [0.3, 0.4) is 0 Å². The first-order valence-corrected chi connectivity index (χ1v) is 24.2. The van der Waals surface area contributed by atoms with Crippen molar-refractivity contribution in [3.63, 3.8) is 0 Å². The maximum absolute atomic E-state index is 13.3. The van der Waals surface area contributed by atoms with Crippen LogP contribution in [0.25, 0.3) is 0 Å². The lowest BCUT2D eigenvalue weighted by atomic mass is 9.43. The lowest BCUT2D eigenvalue weighted by molar-refractivity contribution is -0.316. The number of carboxylic acid groups (broad SMARTS) is 1. The fraction of sp³-hybridized carbons (Fsp3) is 0.714. The molecule has 0 radical (unpaired) electrons. The number of ether oxygens (including phenoxy) is 4. The van der Waals surface area contributed by atoms with Crippen LogP contribution >= 0.6 is 0 Å². The van der Waals surface area contributed by atoms with Gasteiger partial charge in [-0.25, -0.2) is 8.37 Å². The molecule has 2 bridgehead atoms. The van der Waals surface area contributed by atoms with Gasteiger partial charge in [0.2, 0.25) is 5.91 Å². The summed E-state index contributed by atoms with van der Waals surface area (Å²) in [5.41, 5.74) is 0.321.